The number of carbonyl (C=O) groups is 3. The highest BCUT2D eigenvalue weighted by Gasteiger charge is 2.39. The fourth-order valence-corrected chi connectivity index (χ4v) is 4.26. The van der Waals surface area contributed by atoms with Gasteiger partial charge in [-0.1, -0.05) is 17.7 Å². The van der Waals surface area contributed by atoms with Crippen LogP contribution in [0.25, 0.3) is 0 Å². The number of piperazine rings is 1. The standard InChI is InChI=1S/C19H24ClN3O3/c1-12-8-13(2)18(16(20)9-12)23-11-15(10-17(23)25)19(26)22-6-4-21(5-7-22)14(3)24/h8-9,15H,4-7,10-11H2,1-3H3. The lowest BCUT2D eigenvalue weighted by Gasteiger charge is -2.35. The first-order valence-electron chi connectivity index (χ1n) is 8.89. The molecular weight excluding hydrogens is 354 g/mol. The van der Waals surface area contributed by atoms with Crippen molar-refractivity contribution >= 4 is 35.0 Å². The van der Waals surface area contributed by atoms with Crippen molar-refractivity contribution in [2.45, 2.75) is 27.2 Å². The van der Waals surface area contributed by atoms with Gasteiger partial charge in [0.2, 0.25) is 17.7 Å². The van der Waals surface area contributed by atoms with Crippen molar-refractivity contribution in [1.82, 2.24) is 9.80 Å². The van der Waals surface area contributed by atoms with Crippen LogP contribution in [0.2, 0.25) is 5.02 Å². The topological polar surface area (TPSA) is 60.9 Å². The van der Waals surface area contributed by atoms with Gasteiger partial charge in [0.05, 0.1) is 16.6 Å². The predicted molar refractivity (Wildman–Crippen MR) is 100 cm³/mol. The fraction of sp³-hybridized carbons (Fsp3) is 0.526. The maximum absolute atomic E-state index is 12.8. The van der Waals surface area contributed by atoms with E-state index in [2.05, 4.69) is 0 Å². The number of nitrogens with zero attached hydrogens (tertiary/aromatic N) is 3. The monoisotopic (exact) mass is 377 g/mol. The fourth-order valence-electron chi connectivity index (χ4n) is 3.84. The molecule has 2 aliphatic rings. The zero-order valence-electron chi connectivity index (χ0n) is 15.4. The molecular formula is C19H24ClN3O3. The van der Waals surface area contributed by atoms with Crippen LogP contribution in [0.5, 0.6) is 0 Å². The van der Waals surface area contributed by atoms with E-state index in [1.807, 2.05) is 26.0 Å². The van der Waals surface area contributed by atoms with Gasteiger partial charge in [-0.15, -0.1) is 0 Å². The minimum absolute atomic E-state index is 0.00932. The maximum atomic E-state index is 12.8. The number of hydrogen-bond acceptors (Lipinski definition) is 3. The third-order valence-corrected chi connectivity index (χ3v) is 5.47. The summed E-state index contributed by atoms with van der Waals surface area (Å²) in [5.41, 5.74) is 2.68. The molecule has 6 nitrogen and oxygen atoms in total. The van der Waals surface area contributed by atoms with E-state index in [0.29, 0.717) is 43.4 Å². The smallest absolute Gasteiger partial charge is 0.228 e. The van der Waals surface area contributed by atoms with E-state index >= 15 is 0 Å². The molecule has 1 atom stereocenters. The minimum Gasteiger partial charge on any atom is -0.339 e. The predicted octanol–water partition coefficient (Wildman–Crippen LogP) is 2.00. The lowest BCUT2D eigenvalue weighted by atomic mass is 10.1. The van der Waals surface area contributed by atoms with Gasteiger partial charge in [-0.2, -0.15) is 0 Å². The molecule has 0 aromatic heterocycles. The minimum atomic E-state index is -0.358. The molecule has 3 rings (SSSR count). The van der Waals surface area contributed by atoms with E-state index in [1.165, 1.54) is 0 Å². The second-order valence-electron chi connectivity index (χ2n) is 7.15. The number of hydrogen-bond donors (Lipinski definition) is 0. The zero-order chi connectivity index (χ0) is 19.0. The van der Waals surface area contributed by atoms with Gasteiger partial charge in [-0.05, 0) is 31.0 Å². The molecule has 3 amide bonds. The molecule has 0 N–H and O–H groups in total. The van der Waals surface area contributed by atoms with E-state index in [9.17, 15) is 14.4 Å². The molecule has 1 aromatic rings. The summed E-state index contributed by atoms with van der Waals surface area (Å²) >= 11 is 6.38. The van der Waals surface area contributed by atoms with Crippen molar-refractivity contribution in [3.63, 3.8) is 0 Å². The zero-order valence-corrected chi connectivity index (χ0v) is 16.2. The summed E-state index contributed by atoms with van der Waals surface area (Å²) in [6.07, 6.45) is 0.204. The Hall–Kier alpha value is -2.08. The van der Waals surface area contributed by atoms with Gasteiger partial charge in [-0.25, -0.2) is 0 Å². The van der Waals surface area contributed by atoms with E-state index in [1.54, 1.807) is 21.6 Å². The highest BCUT2D eigenvalue weighted by Crippen LogP contribution is 2.35. The van der Waals surface area contributed by atoms with Crippen molar-refractivity contribution in [3.05, 3.63) is 28.3 Å². The number of benzene rings is 1. The molecule has 0 bridgehead atoms. The van der Waals surface area contributed by atoms with Crippen LogP contribution in [0, 0.1) is 19.8 Å². The lowest BCUT2D eigenvalue weighted by Crippen LogP contribution is -2.51. The van der Waals surface area contributed by atoms with Crippen LogP contribution in [0.1, 0.15) is 24.5 Å². The number of carbonyl (C=O) groups excluding carboxylic acids is 3. The van der Waals surface area contributed by atoms with Crippen LogP contribution < -0.4 is 4.90 Å². The molecule has 1 aromatic carbocycles. The molecule has 0 radical (unpaired) electrons. The van der Waals surface area contributed by atoms with Crippen LogP contribution in [0.3, 0.4) is 0 Å². The number of amides is 3. The Labute approximate surface area is 158 Å². The van der Waals surface area contributed by atoms with Gasteiger partial charge < -0.3 is 14.7 Å². The second-order valence-corrected chi connectivity index (χ2v) is 7.56. The average molecular weight is 378 g/mol. The van der Waals surface area contributed by atoms with Crippen molar-refractivity contribution in [2.75, 3.05) is 37.6 Å². The van der Waals surface area contributed by atoms with Crippen molar-refractivity contribution < 1.29 is 14.4 Å². The summed E-state index contributed by atoms with van der Waals surface area (Å²) in [6.45, 7) is 7.93. The SMILES string of the molecule is CC(=O)N1CCN(C(=O)C2CC(=O)N(c3c(C)cc(C)cc3Cl)C2)CC1. The van der Waals surface area contributed by atoms with Crippen LogP contribution in [0.15, 0.2) is 12.1 Å². The highest BCUT2D eigenvalue weighted by molar-refractivity contribution is 6.34. The number of anilines is 1. The molecule has 2 saturated heterocycles. The number of rotatable bonds is 2. The molecule has 0 aliphatic carbocycles. The number of halogens is 1. The Balaban J connectivity index is 1.70. The van der Waals surface area contributed by atoms with E-state index in [-0.39, 0.29) is 30.1 Å². The lowest BCUT2D eigenvalue weighted by molar-refractivity contribution is -0.141. The molecule has 0 spiro atoms. The molecule has 140 valence electrons. The third kappa shape index (κ3) is 3.56. The summed E-state index contributed by atoms with van der Waals surface area (Å²) < 4.78 is 0. The third-order valence-electron chi connectivity index (χ3n) is 5.18. The van der Waals surface area contributed by atoms with E-state index in [0.717, 1.165) is 11.1 Å². The van der Waals surface area contributed by atoms with Gasteiger partial charge in [0.15, 0.2) is 0 Å². The number of aryl methyl sites for hydroxylation is 2. The van der Waals surface area contributed by atoms with Crippen LogP contribution in [0.4, 0.5) is 5.69 Å². The summed E-state index contributed by atoms with van der Waals surface area (Å²) in [5.74, 6) is -0.406. The summed E-state index contributed by atoms with van der Waals surface area (Å²) in [7, 11) is 0. The van der Waals surface area contributed by atoms with E-state index < -0.39 is 0 Å². The Morgan fingerprint density at radius 2 is 1.69 bits per heavy atom. The van der Waals surface area contributed by atoms with Gasteiger partial charge in [0, 0.05) is 46.1 Å². The molecule has 7 heteroatoms. The molecule has 1 unspecified atom stereocenters. The Morgan fingerprint density at radius 3 is 2.27 bits per heavy atom. The quantitative estimate of drug-likeness (QED) is 0.792. The average Bonchev–Trinajstić information content (AvgIpc) is 2.95. The Morgan fingerprint density at radius 1 is 1.08 bits per heavy atom. The second kappa shape index (κ2) is 7.27. The van der Waals surface area contributed by atoms with Crippen molar-refractivity contribution in [3.8, 4) is 0 Å². The first-order chi connectivity index (χ1) is 12.3. The van der Waals surface area contributed by atoms with Crippen LogP contribution in [-0.2, 0) is 14.4 Å². The normalized spacial score (nSPS) is 20.7. The van der Waals surface area contributed by atoms with Gasteiger partial charge >= 0.3 is 0 Å². The van der Waals surface area contributed by atoms with Crippen molar-refractivity contribution in [1.29, 1.82) is 0 Å². The van der Waals surface area contributed by atoms with Gasteiger partial charge in [-0.3, -0.25) is 14.4 Å². The molecule has 2 heterocycles. The van der Waals surface area contributed by atoms with Crippen LogP contribution >= 0.6 is 11.6 Å². The van der Waals surface area contributed by atoms with Gasteiger partial charge in [0.1, 0.15) is 0 Å². The Bertz CT molecular complexity index is 733. The molecule has 2 aliphatic heterocycles. The summed E-state index contributed by atoms with van der Waals surface area (Å²) in [5, 5.41) is 0.541. The first kappa shape index (κ1) is 18.7. The molecule has 2 fully saturated rings. The molecule has 0 saturated carbocycles. The Kier molecular flexibility index (Phi) is 5.23. The highest BCUT2D eigenvalue weighted by atomic mass is 35.5. The molecule has 26 heavy (non-hydrogen) atoms. The van der Waals surface area contributed by atoms with Gasteiger partial charge in [0.25, 0.3) is 0 Å². The first-order valence-corrected chi connectivity index (χ1v) is 9.27. The van der Waals surface area contributed by atoms with E-state index in [4.69, 9.17) is 11.6 Å². The largest absolute Gasteiger partial charge is 0.339 e. The van der Waals surface area contributed by atoms with Crippen molar-refractivity contribution in [2.24, 2.45) is 5.92 Å². The summed E-state index contributed by atoms with van der Waals surface area (Å²) in [4.78, 5) is 42.0. The summed E-state index contributed by atoms with van der Waals surface area (Å²) in [6, 6.07) is 3.83. The van der Waals surface area contributed by atoms with Crippen LogP contribution in [-0.4, -0.2) is 60.2 Å². The maximum Gasteiger partial charge on any atom is 0.228 e.